The highest BCUT2D eigenvalue weighted by atomic mass is 32.2. The minimum Gasteiger partial charge on any atom is -0.278 e. The average Bonchev–Trinajstić information content (AvgIpc) is 2.37. The summed E-state index contributed by atoms with van der Waals surface area (Å²) in [7, 11) is -3.72. The van der Waals surface area contributed by atoms with E-state index in [4.69, 9.17) is 0 Å². The van der Waals surface area contributed by atoms with Gasteiger partial charge in [0, 0.05) is 18.5 Å². The number of carbonyl (C=O) groups is 2. The number of anilines is 1. The standard InChI is InChI=1S/C11H12FN3O5S/c1-21(18,19)20-6-7-4-9(13-5-8(7)12)15-3-2-10(16)14-11(15)17/h4-5H,2-3,6H2,1H3,(H,14,16,17). The molecule has 1 aliphatic heterocycles. The minimum atomic E-state index is -3.72. The van der Waals surface area contributed by atoms with E-state index in [1.54, 1.807) is 0 Å². The van der Waals surface area contributed by atoms with Crippen LogP contribution in [-0.4, -0.2) is 38.1 Å². The van der Waals surface area contributed by atoms with Crippen LogP contribution in [0.5, 0.6) is 0 Å². The van der Waals surface area contributed by atoms with Crippen LogP contribution in [0.1, 0.15) is 12.0 Å². The molecule has 2 rings (SSSR count). The second-order valence-electron chi connectivity index (χ2n) is 4.36. The smallest absolute Gasteiger partial charge is 0.278 e. The van der Waals surface area contributed by atoms with Crippen LogP contribution < -0.4 is 10.2 Å². The number of urea groups is 1. The third-order valence-corrected chi connectivity index (χ3v) is 3.23. The number of hydrogen-bond acceptors (Lipinski definition) is 6. The van der Waals surface area contributed by atoms with Crippen molar-refractivity contribution in [2.75, 3.05) is 17.7 Å². The Morgan fingerprint density at radius 2 is 2.19 bits per heavy atom. The first-order valence-electron chi connectivity index (χ1n) is 5.86. The summed E-state index contributed by atoms with van der Waals surface area (Å²) in [6.45, 7) is -0.399. The molecule has 21 heavy (non-hydrogen) atoms. The van der Waals surface area contributed by atoms with Crippen LogP contribution in [0.2, 0.25) is 0 Å². The van der Waals surface area contributed by atoms with Gasteiger partial charge in [0.1, 0.15) is 11.6 Å². The Bertz CT molecular complexity index is 691. The predicted octanol–water partition coefficient (Wildman–Crippen LogP) is 0.143. The fourth-order valence-electron chi connectivity index (χ4n) is 1.68. The number of nitrogens with zero attached hydrogens (tertiary/aromatic N) is 2. The van der Waals surface area contributed by atoms with Crippen molar-refractivity contribution in [1.82, 2.24) is 10.3 Å². The average molecular weight is 317 g/mol. The number of halogens is 1. The van der Waals surface area contributed by atoms with Crippen LogP contribution in [0.3, 0.4) is 0 Å². The molecule has 0 aromatic carbocycles. The van der Waals surface area contributed by atoms with Gasteiger partial charge >= 0.3 is 6.03 Å². The molecular formula is C11H12FN3O5S. The van der Waals surface area contributed by atoms with Crippen molar-refractivity contribution in [3.8, 4) is 0 Å². The third-order valence-electron chi connectivity index (χ3n) is 2.68. The molecule has 1 saturated heterocycles. The van der Waals surface area contributed by atoms with Crippen molar-refractivity contribution in [3.63, 3.8) is 0 Å². The first kappa shape index (κ1) is 15.3. The highest BCUT2D eigenvalue weighted by molar-refractivity contribution is 7.85. The first-order chi connectivity index (χ1) is 9.76. The van der Waals surface area contributed by atoms with Gasteiger partial charge in [-0.3, -0.25) is 19.2 Å². The Morgan fingerprint density at radius 1 is 1.48 bits per heavy atom. The molecule has 1 aromatic heterocycles. The highest BCUT2D eigenvalue weighted by Crippen LogP contribution is 2.19. The van der Waals surface area contributed by atoms with Crippen LogP contribution >= 0.6 is 0 Å². The van der Waals surface area contributed by atoms with Crippen molar-refractivity contribution in [3.05, 3.63) is 23.6 Å². The van der Waals surface area contributed by atoms with Crippen molar-refractivity contribution < 1.29 is 26.6 Å². The van der Waals surface area contributed by atoms with Gasteiger partial charge in [-0.05, 0) is 6.07 Å². The van der Waals surface area contributed by atoms with Crippen molar-refractivity contribution >= 4 is 27.9 Å². The number of nitrogens with one attached hydrogen (secondary N) is 1. The number of rotatable bonds is 4. The number of carbonyl (C=O) groups excluding carboxylic acids is 2. The van der Waals surface area contributed by atoms with Crippen LogP contribution in [-0.2, 0) is 25.7 Å². The summed E-state index contributed by atoms with van der Waals surface area (Å²) in [6, 6.07) is 0.538. The fourth-order valence-corrected chi connectivity index (χ4v) is 2.02. The topological polar surface area (TPSA) is 106 Å². The lowest BCUT2D eigenvalue weighted by Gasteiger charge is -2.25. The Balaban J connectivity index is 2.22. The normalized spacial score (nSPS) is 16.0. The van der Waals surface area contributed by atoms with Crippen LogP contribution in [0.4, 0.5) is 15.0 Å². The molecule has 0 bridgehead atoms. The summed E-state index contributed by atoms with van der Waals surface area (Å²) >= 11 is 0. The van der Waals surface area contributed by atoms with Gasteiger partial charge in [-0.1, -0.05) is 0 Å². The van der Waals surface area contributed by atoms with Crippen LogP contribution in [0.25, 0.3) is 0 Å². The van der Waals surface area contributed by atoms with E-state index in [-0.39, 0.29) is 24.3 Å². The van der Waals surface area contributed by atoms with Gasteiger partial charge < -0.3 is 0 Å². The Morgan fingerprint density at radius 3 is 2.81 bits per heavy atom. The van der Waals surface area contributed by atoms with Gasteiger partial charge in [0.2, 0.25) is 5.91 Å². The summed E-state index contributed by atoms with van der Waals surface area (Å²) in [5.74, 6) is -1.05. The van der Waals surface area contributed by atoms with E-state index < -0.39 is 34.5 Å². The number of pyridine rings is 1. The highest BCUT2D eigenvalue weighted by Gasteiger charge is 2.25. The van der Waals surface area contributed by atoms with E-state index in [9.17, 15) is 22.4 Å². The molecule has 0 spiro atoms. The summed E-state index contributed by atoms with van der Waals surface area (Å²) in [5, 5.41) is 2.11. The van der Waals surface area contributed by atoms with Gasteiger partial charge in [-0.2, -0.15) is 8.42 Å². The van der Waals surface area contributed by atoms with E-state index in [2.05, 4.69) is 14.5 Å². The number of amides is 3. The molecule has 10 heteroatoms. The number of imide groups is 1. The molecule has 0 unspecified atom stereocenters. The molecule has 3 amide bonds. The van der Waals surface area contributed by atoms with Crippen molar-refractivity contribution in [1.29, 1.82) is 0 Å². The zero-order valence-corrected chi connectivity index (χ0v) is 11.8. The monoisotopic (exact) mass is 317 g/mol. The molecule has 0 saturated carbocycles. The van der Waals surface area contributed by atoms with Gasteiger partial charge in [-0.15, -0.1) is 0 Å². The van der Waals surface area contributed by atoms with Gasteiger partial charge in [0.05, 0.1) is 19.1 Å². The van der Waals surface area contributed by atoms with E-state index in [1.807, 2.05) is 0 Å². The Labute approximate surface area is 120 Å². The van der Waals surface area contributed by atoms with Crippen LogP contribution in [0, 0.1) is 5.82 Å². The summed E-state index contributed by atoms with van der Waals surface area (Å²) < 4.78 is 39.9. The minimum absolute atomic E-state index is 0.0601. The summed E-state index contributed by atoms with van der Waals surface area (Å²) in [4.78, 5) is 27.6. The molecule has 1 aliphatic rings. The molecule has 1 N–H and O–H groups in total. The largest absolute Gasteiger partial charge is 0.329 e. The maximum atomic E-state index is 13.6. The third kappa shape index (κ3) is 3.95. The van der Waals surface area contributed by atoms with E-state index >= 15 is 0 Å². The fraction of sp³-hybridized carbons (Fsp3) is 0.364. The molecule has 0 atom stereocenters. The molecule has 0 aliphatic carbocycles. The number of aromatic nitrogens is 1. The van der Waals surface area contributed by atoms with Crippen molar-refractivity contribution in [2.24, 2.45) is 0 Å². The predicted molar refractivity (Wildman–Crippen MR) is 69.3 cm³/mol. The lowest BCUT2D eigenvalue weighted by atomic mass is 10.2. The molecule has 2 heterocycles. The van der Waals surface area contributed by atoms with Crippen LogP contribution in [0.15, 0.2) is 12.3 Å². The summed E-state index contributed by atoms with van der Waals surface area (Å²) in [5.41, 5.74) is -0.0601. The Kier molecular flexibility index (Phi) is 4.19. The Hall–Kier alpha value is -2.07. The van der Waals surface area contributed by atoms with Gasteiger partial charge in [-0.25, -0.2) is 14.2 Å². The van der Waals surface area contributed by atoms with E-state index in [1.165, 1.54) is 6.07 Å². The molecule has 114 valence electrons. The second kappa shape index (κ2) is 5.74. The quantitative estimate of drug-likeness (QED) is 0.792. The maximum Gasteiger partial charge on any atom is 0.329 e. The lowest BCUT2D eigenvalue weighted by molar-refractivity contribution is -0.120. The zero-order chi connectivity index (χ0) is 15.6. The molecule has 1 aromatic rings. The number of hydrogen-bond donors (Lipinski definition) is 1. The van der Waals surface area contributed by atoms with Gasteiger partial charge in [0.25, 0.3) is 10.1 Å². The summed E-state index contributed by atoms with van der Waals surface area (Å²) in [6.07, 6.45) is 1.80. The SMILES string of the molecule is CS(=O)(=O)OCc1cc(N2CCC(=O)NC2=O)ncc1F. The van der Waals surface area contributed by atoms with Gasteiger partial charge in [0.15, 0.2) is 0 Å². The molecule has 0 radical (unpaired) electrons. The maximum absolute atomic E-state index is 13.6. The molecule has 1 fully saturated rings. The van der Waals surface area contributed by atoms with Crippen molar-refractivity contribution in [2.45, 2.75) is 13.0 Å². The van der Waals surface area contributed by atoms with E-state index in [0.29, 0.717) is 0 Å². The first-order valence-corrected chi connectivity index (χ1v) is 7.68. The second-order valence-corrected chi connectivity index (χ2v) is 6.00. The molecule has 8 nitrogen and oxygen atoms in total. The lowest BCUT2D eigenvalue weighted by Crippen LogP contribution is -2.49. The molecular weight excluding hydrogens is 305 g/mol. The zero-order valence-electron chi connectivity index (χ0n) is 11.0. The van der Waals surface area contributed by atoms with E-state index in [0.717, 1.165) is 17.4 Å².